The van der Waals surface area contributed by atoms with Crippen molar-refractivity contribution in [2.45, 2.75) is 150 Å². The van der Waals surface area contributed by atoms with E-state index in [0.29, 0.717) is 16.9 Å². The Hall–Kier alpha value is -0.0400. The van der Waals surface area contributed by atoms with Gasteiger partial charge >= 0.3 is 0 Å². The topological polar surface area (TPSA) is 9.23 Å². The van der Waals surface area contributed by atoms with Crippen molar-refractivity contribution in [2.75, 3.05) is 6.61 Å². The van der Waals surface area contributed by atoms with Gasteiger partial charge < -0.3 is 4.74 Å². The van der Waals surface area contributed by atoms with Gasteiger partial charge in [0.25, 0.3) is 0 Å². The van der Waals surface area contributed by atoms with Crippen LogP contribution in [-0.4, -0.2) is 12.7 Å². The van der Waals surface area contributed by atoms with Crippen LogP contribution < -0.4 is 0 Å². The summed E-state index contributed by atoms with van der Waals surface area (Å²) in [5, 5.41) is 0. The van der Waals surface area contributed by atoms with Crippen LogP contribution in [-0.2, 0) is 4.74 Å². The molecule has 0 aromatic rings. The molecule has 4 aliphatic rings. The molecule has 198 valence electrons. The molecule has 0 aromatic carbocycles. The highest BCUT2D eigenvalue weighted by Gasteiger charge is 2.60. The molecule has 0 unspecified atom stereocenters. The van der Waals surface area contributed by atoms with Crippen LogP contribution >= 0.6 is 0 Å². The Morgan fingerprint density at radius 3 is 2.29 bits per heavy atom. The Labute approximate surface area is 214 Å². The number of hydrogen-bond acceptors (Lipinski definition) is 1. The zero-order chi connectivity index (χ0) is 24.3. The molecular formula is C33H60O. The Balaban J connectivity index is 1.34. The van der Waals surface area contributed by atoms with Crippen LogP contribution in [0.25, 0.3) is 0 Å². The summed E-state index contributed by atoms with van der Waals surface area (Å²) >= 11 is 0. The fourth-order valence-electron chi connectivity index (χ4n) is 10.2. The third kappa shape index (κ3) is 5.45. The van der Waals surface area contributed by atoms with Crippen molar-refractivity contribution < 1.29 is 4.74 Å². The Morgan fingerprint density at radius 1 is 0.765 bits per heavy atom. The van der Waals surface area contributed by atoms with Crippen LogP contribution in [0.5, 0.6) is 0 Å². The standard InChI is InChI=1S/C33H60O/c1-7-8-9-10-22-34-27-18-20-32(5)26(23-27)14-15-28-30-17-16-29(25(4)13-11-12-24(2)3)33(30,6)21-19-31(28)32/h24-31H,7-23H2,1-6H3/t25-,26+,27+,28+,29-,30+,31+,32+,33-/m1/s1. The quantitative estimate of drug-likeness (QED) is 0.272. The van der Waals surface area contributed by atoms with Crippen LogP contribution in [0, 0.1) is 52.3 Å². The minimum absolute atomic E-state index is 0.563. The molecule has 1 nitrogen and oxygen atoms in total. The van der Waals surface area contributed by atoms with Crippen molar-refractivity contribution in [3.63, 3.8) is 0 Å². The summed E-state index contributed by atoms with van der Waals surface area (Å²) in [4.78, 5) is 0. The fraction of sp³-hybridized carbons (Fsp3) is 1.00. The summed E-state index contributed by atoms with van der Waals surface area (Å²) in [6, 6.07) is 0. The second-order valence-electron chi connectivity index (χ2n) is 14.5. The first-order chi connectivity index (χ1) is 16.3. The summed E-state index contributed by atoms with van der Waals surface area (Å²) in [5.74, 6) is 6.78. The zero-order valence-electron chi connectivity index (χ0n) is 24.0. The first-order valence-corrected chi connectivity index (χ1v) is 15.9. The maximum absolute atomic E-state index is 6.43. The molecule has 0 N–H and O–H groups in total. The monoisotopic (exact) mass is 472 g/mol. The highest BCUT2D eigenvalue weighted by molar-refractivity contribution is 5.09. The van der Waals surface area contributed by atoms with Gasteiger partial charge in [0.1, 0.15) is 0 Å². The maximum atomic E-state index is 6.43. The maximum Gasteiger partial charge on any atom is 0.0578 e. The number of hydrogen-bond donors (Lipinski definition) is 0. The molecule has 0 amide bonds. The molecule has 4 saturated carbocycles. The predicted molar refractivity (Wildman–Crippen MR) is 147 cm³/mol. The molecule has 0 spiro atoms. The lowest BCUT2D eigenvalue weighted by Crippen LogP contribution is -2.54. The van der Waals surface area contributed by atoms with E-state index in [0.717, 1.165) is 48.0 Å². The van der Waals surface area contributed by atoms with E-state index in [1.54, 1.807) is 6.42 Å². The lowest BCUT2D eigenvalue weighted by Gasteiger charge is -2.61. The Morgan fingerprint density at radius 2 is 1.53 bits per heavy atom. The molecular weight excluding hydrogens is 412 g/mol. The van der Waals surface area contributed by atoms with E-state index in [1.807, 2.05) is 0 Å². The van der Waals surface area contributed by atoms with E-state index in [1.165, 1.54) is 96.3 Å². The number of ether oxygens (including phenoxy) is 1. The van der Waals surface area contributed by atoms with Crippen molar-refractivity contribution >= 4 is 0 Å². The first kappa shape index (κ1) is 27.0. The second-order valence-corrected chi connectivity index (χ2v) is 14.5. The zero-order valence-corrected chi connectivity index (χ0v) is 24.0. The summed E-state index contributed by atoms with van der Waals surface area (Å²) in [6.45, 7) is 16.2. The molecule has 0 bridgehead atoms. The average Bonchev–Trinajstić information content (AvgIpc) is 3.16. The van der Waals surface area contributed by atoms with Gasteiger partial charge in [0.05, 0.1) is 6.10 Å². The molecule has 4 rings (SSSR count). The van der Waals surface area contributed by atoms with Gasteiger partial charge in [-0.3, -0.25) is 0 Å². The second kappa shape index (κ2) is 11.6. The van der Waals surface area contributed by atoms with Crippen molar-refractivity contribution in [3.8, 4) is 0 Å². The van der Waals surface area contributed by atoms with Crippen LogP contribution in [0.3, 0.4) is 0 Å². The van der Waals surface area contributed by atoms with E-state index < -0.39 is 0 Å². The normalized spacial score (nSPS) is 42.8. The van der Waals surface area contributed by atoms with Crippen molar-refractivity contribution in [3.05, 3.63) is 0 Å². The number of unbranched alkanes of at least 4 members (excludes halogenated alkanes) is 3. The summed E-state index contributed by atoms with van der Waals surface area (Å²) < 4.78 is 6.43. The Kier molecular flexibility index (Phi) is 9.18. The molecule has 0 aliphatic heterocycles. The molecule has 0 aromatic heterocycles. The number of fused-ring (bicyclic) bond motifs is 5. The summed E-state index contributed by atoms with van der Waals surface area (Å²) in [5.41, 5.74) is 1.24. The minimum Gasteiger partial charge on any atom is -0.378 e. The molecule has 4 fully saturated rings. The van der Waals surface area contributed by atoms with Crippen LogP contribution in [0.1, 0.15) is 144 Å². The third-order valence-electron chi connectivity index (χ3n) is 12.2. The molecule has 0 heterocycles. The minimum atomic E-state index is 0.563. The van der Waals surface area contributed by atoms with E-state index in [9.17, 15) is 0 Å². The third-order valence-corrected chi connectivity index (χ3v) is 12.2. The first-order valence-electron chi connectivity index (χ1n) is 15.9. The van der Waals surface area contributed by atoms with Crippen molar-refractivity contribution in [1.82, 2.24) is 0 Å². The molecule has 1 heteroatoms. The fourth-order valence-corrected chi connectivity index (χ4v) is 10.2. The van der Waals surface area contributed by atoms with Crippen LogP contribution in [0.4, 0.5) is 0 Å². The van der Waals surface area contributed by atoms with Crippen molar-refractivity contribution in [1.29, 1.82) is 0 Å². The SMILES string of the molecule is CCCCCCO[C@H]1CC[C@@]2(C)[C@@H](CC[C@@H]3[C@@H]2CC[C@]2(C)[C@@H]([C@H](C)CCCC(C)C)CC[C@@H]32)C1. The predicted octanol–water partition coefficient (Wildman–Crippen LogP) is 10.1. The van der Waals surface area contributed by atoms with Gasteiger partial charge in [0.15, 0.2) is 0 Å². The molecule has 34 heavy (non-hydrogen) atoms. The van der Waals surface area contributed by atoms with Gasteiger partial charge in [-0.2, -0.15) is 0 Å². The van der Waals surface area contributed by atoms with E-state index in [2.05, 4.69) is 41.5 Å². The van der Waals surface area contributed by atoms with Crippen LogP contribution in [0.15, 0.2) is 0 Å². The van der Waals surface area contributed by atoms with Gasteiger partial charge in [0, 0.05) is 6.61 Å². The van der Waals surface area contributed by atoms with E-state index >= 15 is 0 Å². The lowest BCUT2D eigenvalue weighted by molar-refractivity contribution is -0.136. The number of rotatable bonds is 11. The van der Waals surface area contributed by atoms with E-state index in [4.69, 9.17) is 4.74 Å². The highest BCUT2D eigenvalue weighted by Crippen LogP contribution is 2.68. The van der Waals surface area contributed by atoms with Gasteiger partial charge in [0.2, 0.25) is 0 Å². The summed E-state index contributed by atoms with van der Waals surface area (Å²) in [7, 11) is 0. The molecule has 9 atom stereocenters. The highest BCUT2D eigenvalue weighted by atomic mass is 16.5. The van der Waals surface area contributed by atoms with Crippen LogP contribution in [0.2, 0.25) is 0 Å². The van der Waals surface area contributed by atoms with Gasteiger partial charge in [-0.25, -0.2) is 0 Å². The molecule has 0 radical (unpaired) electrons. The summed E-state index contributed by atoms with van der Waals surface area (Å²) in [6.07, 6.45) is 23.5. The molecule has 0 saturated heterocycles. The smallest absolute Gasteiger partial charge is 0.0578 e. The van der Waals surface area contributed by atoms with E-state index in [-0.39, 0.29) is 0 Å². The van der Waals surface area contributed by atoms with Crippen molar-refractivity contribution in [2.24, 2.45) is 52.3 Å². The van der Waals surface area contributed by atoms with Gasteiger partial charge in [-0.05, 0) is 116 Å². The van der Waals surface area contributed by atoms with Gasteiger partial charge in [-0.1, -0.05) is 80.1 Å². The Bertz CT molecular complexity index is 626. The lowest BCUT2D eigenvalue weighted by atomic mass is 9.44. The molecule has 4 aliphatic carbocycles. The largest absolute Gasteiger partial charge is 0.378 e. The average molecular weight is 473 g/mol. The van der Waals surface area contributed by atoms with Gasteiger partial charge in [-0.15, -0.1) is 0 Å².